The topological polar surface area (TPSA) is 55.1 Å². The summed E-state index contributed by atoms with van der Waals surface area (Å²) in [5, 5.41) is 9.24. The first-order valence-corrected chi connectivity index (χ1v) is 6.74. The van der Waals surface area contributed by atoms with Gasteiger partial charge in [0.2, 0.25) is 0 Å². The highest BCUT2D eigenvalue weighted by atomic mass is 19.1. The predicted molar refractivity (Wildman–Crippen MR) is 80.1 cm³/mol. The number of halogens is 1. The molecule has 0 aliphatic heterocycles. The Balaban J connectivity index is 2.01. The van der Waals surface area contributed by atoms with Crippen molar-refractivity contribution in [3.05, 3.63) is 77.9 Å². The number of aromatic nitrogens is 2. The normalized spacial score (nSPS) is 10.6. The molecule has 3 aromatic rings. The molecule has 1 aromatic heterocycles. The summed E-state index contributed by atoms with van der Waals surface area (Å²) in [6.45, 7) is 0.312. The lowest BCUT2D eigenvalue weighted by Gasteiger charge is -2.10. The smallest absolute Gasteiger partial charge is 0.336 e. The first kappa shape index (κ1) is 14.0. The second-order valence-electron chi connectivity index (χ2n) is 4.82. The van der Waals surface area contributed by atoms with Crippen LogP contribution in [-0.2, 0) is 6.54 Å². The Hall–Kier alpha value is -2.95. The molecule has 5 heteroatoms. The van der Waals surface area contributed by atoms with Crippen LogP contribution in [0.5, 0.6) is 0 Å². The van der Waals surface area contributed by atoms with Crippen molar-refractivity contribution in [2.45, 2.75) is 6.54 Å². The lowest BCUT2D eigenvalue weighted by Crippen LogP contribution is -2.08. The van der Waals surface area contributed by atoms with E-state index in [4.69, 9.17) is 0 Å². The number of hydrogen-bond acceptors (Lipinski definition) is 2. The minimum atomic E-state index is -0.983. The van der Waals surface area contributed by atoms with Gasteiger partial charge in [-0.1, -0.05) is 30.3 Å². The number of imidazole rings is 1. The molecule has 2 aromatic carbocycles. The predicted octanol–water partition coefficient (Wildman–Crippen LogP) is 3.44. The van der Waals surface area contributed by atoms with E-state index in [1.54, 1.807) is 59.4 Å². The number of nitrogens with zero attached hydrogens (tertiary/aromatic N) is 2. The van der Waals surface area contributed by atoms with E-state index in [2.05, 4.69) is 4.98 Å². The molecule has 110 valence electrons. The molecule has 0 saturated carbocycles. The van der Waals surface area contributed by atoms with Crippen LogP contribution in [0.25, 0.3) is 11.4 Å². The molecule has 0 fully saturated rings. The SMILES string of the molecule is O=C(O)c1ccccc1Cn1ccnc1-c1ccccc1F. The molecular formula is C17H13FN2O2. The number of rotatable bonds is 4. The van der Waals surface area contributed by atoms with Crippen molar-refractivity contribution in [3.8, 4) is 11.4 Å². The van der Waals surface area contributed by atoms with Crippen molar-refractivity contribution in [1.82, 2.24) is 9.55 Å². The number of benzene rings is 2. The molecule has 0 unspecified atom stereocenters. The molecule has 22 heavy (non-hydrogen) atoms. The largest absolute Gasteiger partial charge is 0.478 e. The van der Waals surface area contributed by atoms with Crippen molar-refractivity contribution in [2.75, 3.05) is 0 Å². The van der Waals surface area contributed by atoms with E-state index in [9.17, 15) is 14.3 Å². The van der Waals surface area contributed by atoms with Crippen LogP contribution >= 0.6 is 0 Å². The number of carbonyl (C=O) groups is 1. The van der Waals surface area contributed by atoms with Crippen LogP contribution in [0.1, 0.15) is 15.9 Å². The van der Waals surface area contributed by atoms with Crippen LogP contribution in [0.15, 0.2) is 60.9 Å². The summed E-state index contributed by atoms with van der Waals surface area (Å²) >= 11 is 0. The highest BCUT2D eigenvalue weighted by molar-refractivity contribution is 5.89. The minimum Gasteiger partial charge on any atom is -0.478 e. The molecule has 4 nitrogen and oxygen atoms in total. The minimum absolute atomic E-state index is 0.232. The Morgan fingerprint density at radius 2 is 1.86 bits per heavy atom. The maximum atomic E-state index is 13.9. The summed E-state index contributed by atoms with van der Waals surface area (Å²) in [5.41, 5.74) is 1.27. The third-order valence-electron chi connectivity index (χ3n) is 3.42. The lowest BCUT2D eigenvalue weighted by atomic mass is 10.1. The summed E-state index contributed by atoms with van der Waals surface area (Å²) in [4.78, 5) is 15.5. The van der Waals surface area contributed by atoms with Gasteiger partial charge in [0.15, 0.2) is 0 Å². The molecule has 0 bridgehead atoms. The Morgan fingerprint density at radius 1 is 1.14 bits per heavy atom. The first-order valence-electron chi connectivity index (χ1n) is 6.74. The Kier molecular flexibility index (Phi) is 3.70. The van der Waals surface area contributed by atoms with Gasteiger partial charge in [-0.2, -0.15) is 0 Å². The first-order chi connectivity index (χ1) is 10.7. The third kappa shape index (κ3) is 2.61. The van der Waals surface area contributed by atoms with E-state index in [1.165, 1.54) is 6.07 Å². The zero-order valence-corrected chi connectivity index (χ0v) is 11.6. The Bertz CT molecular complexity index is 827. The molecular weight excluding hydrogens is 283 g/mol. The van der Waals surface area contributed by atoms with Crippen LogP contribution in [0.2, 0.25) is 0 Å². The summed E-state index contributed by atoms with van der Waals surface area (Å²) < 4.78 is 15.7. The monoisotopic (exact) mass is 296 g/mol. The Morgan fingerprint density at radius 3 is 2.64 bits per heavy atom. The van der Waals surface area contributed by atoms with Gasteiger partial charge in [0.05, 0.1) is 11.1 Å². The van der Waals surface area contributed by atoms with Gasteiger partial charge in [-0.05, 0) is 23.8 Å². The van der Waals surface area contributed by atoms with Gasteiger partial charge in [-0.15, -0.1) is 0 Å². The number of carboxylic acid groups (broad SMARTS) is 1. The summed E-state index contributed by atoms with van der Waals surface area (Å²) in [7, 11) is 0. The van der Waals surface area contributed by atoms with Crippen molar-refractivity contribution in [1.29, 1.82) is 0 Å². The number of hydrogen-bond donors (Lipinski definition) is 1. The van der Waals surface area contributed by atoms with Crippen LogP contribution in [0, 0.1) is 5.82 Å². The molecule has 3 rings (SSSR count). The average molecular weight is 296 g/mol. The van der Waals surface area contributed by atoms with Crippen LogP contribution in [-0.4, -0.2) is 20.6 Å². The fourth-order valence-corrected chi connectivity index (χ4v) is 2.37. The van der Waals surface area contributed by atoms with Crippen molar-refractivity contribution < 1.29 is 14.3 Å². The lowest BCUT2D eigenvalue weighted by molar-refractivity contribution is 0.0695. The number of aromatic carboxylic acids is 1. The maximum Gasteiger partial charge on any atom is 0.336 e. The van der Waals surface area contributed by atoms with Gasteiger partial charge < -0.3 is 9.67 Å². The van der Waals surface area contributed by atoms with Crippen molar-refractivity contribution in [2.24, 2.45) is 0 Å². The van der Waals surface area contributed by atoms with Gasteiger partial charge in [0.1, 0.15) is 11.6 Å². The Labute approximate surface area is 126 Å². The van der Waals surface area contributed by atoms with E-state index < -0.39 is 5.97 Å². The molecule has 1 heterocycles. The summed E-state index contributed by atoms with van der Waals surface area (Å²) in [6, 6.07) is 13.1. The van der Waals surface area contributed by atoms with Gasteiger partial charge in [0.25, 0.3) is 0 Å². The number of carboxylic acids is 1. The van der Waals surface area contributed by atoms with Gasteiger partial charge in [-0.3, -0.25) is 0 Å². The maximum absolute atomic E-state index is 13.9. The van der Waals surface area contributed by atoms with Crippen LogP contribution in [0.4, 0.5) is 4.39 Å². The van der Waals surface area contributed by atoms with Crippen molar-refractivity contribution >= 4 is 5.97 Å². The van der Waals surface area contributed by atoms with E-state index >= 15 is 0 Å². The molecule has 0 amide bonds. The highest BCUT2D eigenvalue weighted by Crippen LogP contribution is 2.22. The fourth-order valence-electron chi connectivity index (χ4n) is 2.37. The molecule has 1 N–H and O–H groups in total. The molecule has 0 aliphatic carbocycles. The molecule has 0 radical (unpaired) electrons. The molecule has 0 atom stereocenters. The van der Waals surface area contributed by atoms with E-state index in [0.29, 0.717) is 23.5 Å². The fraction of sp³-hybridized carbons (Fsp3) is 0.0588. The molecule has 0 spiro atoms. The van der Waals surface area contributed by atoms with E-state index in [0.717, 1.165) is 0 Å². The van der Waals surface area contributed by atoms with Crippen LogP contribution < -0.4 is 0 Å². The van der Waals surface area contributed by atoms with Crippen molar-refractivity contribution in [3.63, 3.8) is 0 Å². The summed E-state index contributed by atoms with van der Waals surface area (Å²) in [5.74, 6) is -0.872. The van der Waals surface area contributed by atoms with Gasteiger partial charge >= 0.3 is 5.97 Å². The molecule has 0 aliphatic rings. The average Bonchev–Trinajstić information content (AvgIpc) is 2.96. The zero-order valence-electron chi connectivity index (χ0n) is 11.6. The highest BCUT2D eigenvalue weighted by Gasteiger charge is 2.14. The summed E-state index contributed by atoms with van der Waals surface area (Å²) in [6.07, 6.45) is 3.28. The standard InChI is InChI=1S/C17H13FN2O2/c18-15-8-4-3-7-14(15)16-19-9-10-20(16)11-12-5-1-2-6-13(12)17(21)22/h1-10H,11H2,(H,21,22). The van der Waals surface area contributed by atoms with E-state index in [1.807, 2.05) is 0 Å². The zero-order chi connectivity index (χ0) is 15.5. The van der Waals surface area contributed by atoms with Gasteiger partial charge in [-0.25, -0.2) is 14.2 Å². The van der Waals surface area contributed by atoms with Gasteiger partial charge in [0, 0.05) is 18.9 Å². The molecule has 0 saturated heterocycles. The second-order valence-corrected chi connectivity index (χ2v) is 4.82. The quantitative estimate of drug-likeness (QED) is 0.802. The van der Waals surface area contributed by atoms with E-state index in [-0.39, 0.29) is 11.4 Å². The van der Waals surface area contributed by atoms with Crippen LogP contribution in [0.3, 0.4) is 0 Å². The third-order valence-corrected chi connectivity index (χ3v) is 3.42. The second kappa shape index (κ2) is 5.81.